The lowest BCUT2D eigenvalue weighted by atomic mass is 10.3. The van der Waals surface area contributed by atoms with Gasteiger partial charge in [0.05, 0.1) is 19.7 Å². The van der Waals surface area contributed by atoms with E-state index in [1.807, 2.05) is 0 Å². The highest BCUT2D eigenvalue weighted by atomic mass is 16.5. The number of carbonyl (C=O) groups excluding carboxylic acids is 1. The predicted octanol–water partition coefficient (Wildman–Crippen LogP) is 0.873. The Labute approximate surface area is 113 Å². The number of carbonyl (C=O) groups is 1. The molecular weight excluding hydrogens is 244 g/mol. The van der Waals surface area contributed by atoms with Crippen LogP contribution in [0.1, 0.15) is 0 Å². The predicted molar refractivity (Wildman–Crippen MR) is 74.1 cm³/mol. The first kappa shape index (κ1) is 15.0. The van der Waals surface area contributed by atoms with Crippen molar-refractivity contribution in [1.29, 1.82) is 0 Å². The fraction of sp³-hybridized carbons (Fsp3) is 0.357. The Morgan fingerprint density at radius 2 is 2.05 bits per heavy atom. The number of ether oxygens (including phenoxy) is 2. The van der Waals surface area contributed by atoms with E-state index >= 15 is 0 Å². The molecule has 0 radical (unpaired) electrons. The molecule has 5 heteroatoms. The summed E-state index contributed by atoms with van der Waals surface area (Å²) in [5.41, 5.74) is 0.714. The van der Waals surface area contributed by atoms with Gasteiger partial charge in [0.1, 0.15) is 12.4 Å². The molecule has 0 atom stereocenters. The fourth-order valence-corrected chi connectivity index (χ4v) is 1.33. The van der Waals surface area contributed by atoms with Crippen LogP contribution >= 0.6 is 0 Å². The third kappa shape index (κ3) is 6.46. The molecule has 0 unspecified atom stereocenters. The lowest BCUT2D eigenvalue weighted by Gasteiger charge is -2.08. The molecule has 0 saturated heterocycles. The highest BCUT2D eigenvalue weighted by molar-refractivity contribution is 5.92. The zero-order chi connectivity index (χ0) is 13.9. The molecule has 0 aliphatic rings. The van der Waals surface area contributed by atoms with E-state index in [1.165, 1.54) is 0 Å². The van der Waals surface area contributed by atoms with Gasteiger partial charge in [-0.1, -0.05) is 5.92 Å². The Hall–Kier alpha value is -2.03. The highest BCUT2D eigenvalue weighted by Gasteiger charge is 2.01. The Kier molecular flexibility index (Phi) is 7.10. The van der Waals surface area contributed by atoms with Crippen molar-refractivity contribution >= 4 is 11.6 Å². The number of anilines is 1. The summed E-state index contributed by atoms with van der Waals surface area (Å²) in [6, 6.07) is 7.14. The normalized spacial score (nSPS) is 9.68. The summed E-state index contributed by atoms with van der Waals surface area (Å²) in [6.45, 7) is 1.60. The van der Waals surface area contributed by atoms with E-state index in [1.54, 1.807) is 31.4 Å². The van der Waals surface area contributed by atoms with E-state index in [-0.39, 0.29) is 12.5 Å². The minimum atomic E-state index is -0.136. The first-order valence-electron chi connectivity index (χ1n) is 5.92. The maximum atomic E-state index is 11.5. The summed E-state index contributed by atoms with van der Waals surface area (Å²) >= 11 is 0. The van der Waals surface area contributed by atoms with Crippen LogP contribution in [0.25, 0.3) is 0 Å². The van der Waals surface area contributed by atoms with E-state index in [2.05, 4.69) is 16.6 Å². The molecule has 1 aromatic rings. The summed E-state index contributed by atoms with van der Waals surface area (Å²) < 4.78 is 10.3. The highest BCUT2D eigenvalue weighted by Crippen LogP contribution is 2.15. The number of hydrogen-bond acceptors (Lipinski definition) is 4. The van der Waals surface area contributed by atoms with Gasteiger partial charge in [0.2, 0.25) is 5.91 Å². The van der Waals surface area contributed by atoms with Gasteiger partial charge in [0.15, 0.2) is 0 Å². The molecule has 1 amide bonds. The number of terminal acetylenes is 1. The third-order valence-electron chi connectivity index (χ3n) is 2.21. The summed E-state index contributed by atoms with van der Waals surface area (Å²) in [5, 5.41) is 5.56. The monoisotopic (exact) mass is 262 g/mol. The topological polar surface area (TPSA) is 59.6 Å². The molecule has 0 saturated carbocycles. The lowest BCUT2D eigenvalue weighted by Crippen LogP contribution is -2.28. The third-order valence-corrected chi connectivity index (χ3v) is 2.21. The van der Waals surface area contributed by atoms with Gasteiger partial charge in [0, 0.05) is 12.8 Å². The molecule has 1 rings (SSSR count). The van der Waals surface area contributed by atoms with Gasteiger partial charge in [-0.15, -0.1) is 6.42 Å². The number of nitrogens with one attached hydrogen (secondary N) is 2. The van der Waals surface area contributed by atoms with Crippen LogP contribution in [0.3, 0.4) is 0 Å². The number of hydrogen-bond donors (Lipinski definition) is 2. The molecule has 0 spiro atoms. The second kappa shape index (κ2) is 8.97. The van der Waals surface area contributed by atoms with Crippen LogP contribution in [0.4, 0.5) is 5.69 Å². The summed E-state index contributed by atoms with van der Waals surface area (Å²) in [4.78, 5) is 11.5. The molecule has 2 N–H and O–H groups in total. The summed E-state index contributed by atoms with van der Waals surface area (Å²) in [6.07, 6.45) is 5.07. The molecule has 1 aromatic carbocycles. The number of methoxy groups -OCH3 is 1. The average molecular weight is 262 g/mol. The van der Waals surface area contributed by atoms with Gasteiger partial charge in [-0.25, -0.2) is 0 Å². The molecule has 0 bridgehead atoms. The zero-order valence-corrected chi connectivity index (χ0v) is 10.9. The van der Waals surface area contributed by atoms with Gasteiger partial charge in [-0.05, 0) is 24.3 Å². The van der Waals surface area contributed by atoms with Gasteiger partial charge < -0.3 is 14.8 Å². The molecule has 0 fully saturated rings. The maximum Gasteiger partial charge on any atom is 0.238 e. The molecule has 0 aliphatic carbocycles. The first-order chi connectivity index (χ1) is 9.26. The van der Waals surface area contributed by atoms with Crippen molar-refractivity contribution in [2.45, 2.75) is 0 Å². The average Bonchev–Trinajstić information content (AvgIpc) is 2.41. The van der Waals surface area contributed by atoms with Crippen LogP contribution in [-0.2, 0) is 9.53 Å². The number of rotatable bonds is 8. The standard InChI is InChI=1S/C14H18N2O3/c1-3-8-15-11-14(17)16-12-4-6-13(7-5-12)19-10-9-18-2/h1,4-7,15H,8-11H2,2H3,(H,16,17). The molecule has 5 nitrogen and oxygen atoms in total. The zero-order valence-electron chi connectivity index (χ0n) is 10.9. The second-order valence-electron chi connectivity index (χ2n) is 3.72. The van der Waals surface area contributed by atoms with Crippen LogP contribution in [0.15, 0.2) is 24.3 Å². The smallest absolute Gasteiger partial charge is 0.238 e. The minimum absolute atomic E-state index is 0.136. The molecule has 0 heterocycles. The van der Waals surface area contributed by atoms with Crippen molar-refractivity contribution in [3.05, 3.63) is 24.3 Å². The number of amides is 1. The van der Waals surface area contributed by atoms with Gasteiger partial charge in [-0.2, -0.15) is 0 Å². The Morgan fingerprint density at radius 3 is 2.68 bits per heavy atom. The van der Waals surface area contributed by atoms with Gasteiger partial charge >= 0.3 is 0 Å². The van der Waals surface area contributed by atoms with Crippen molar-refractivity contribution in [3.8, 4) is 18.1 Å². The summed E-state index contributed by atoms with van der Waals surface area (Å²) in [7, 11) is 1.62. The largest absolute Gasteiger partial charge is 0.491 e. The first-order valence-corrected chi connectivity index (χ1v) is 5.92. The lowest BCUT2D eigenvalue weighted by molar-refractivity contribution is -0.115. The van der Waals surface area contributed by atoms with Crippen LogP contribution in [0.2, 0.25) is 0 Å². The minimum Gasteiger partial charge on any atom is -0.491 e. The molecular formula is C14H18N2O3. The number of benzene rings is 1. The van der Waals surface area contributed by atoms with Crippen LogP contribution < -0.4 is 15.4 Å². The Balaban J connectivity index is 2.35. The van der Waals surface area contributed by atoms with E-state index in [0.29, 0.717) is 25.4 Å². The van der Waals surface area contributed by atoms with Crippen molar-refractivity contribution in [2.24, 2.45) is 0 Å². The SMILES string of the molecule is C#CCNCC(=O)Nc1ccc(OCCOC)cc1. The molecule has 19 heavy (non-hydrogen) atoms. The van der Waals surface area contributed by atoms with Crippen LogP contribution in [0, 0.1) is 12.3 Å². The molecule has 102 valence electrons. The van der Waals surface area contributed by atoms with Crippen LogP contribution in [-0.4, -0.2) is 39.3 Å². The van der Waals surface area contributed by atoms with Crippen molar-refractivity contribution in [2.75, 3.05) is 38.7 Å². The van der Waals surface area contributed by atoms with E-state index in [4.69, 9.17) is 15.9 Å². The molecule has 0 aromatic heterocycles. The van der Waals surface area contributed by atoms with E-state index < -0.39 is 0 Å². The fourth-order valence-electron chi connectivity index (χ4n) is 1.33. The quantitative estimate of drug-likeness (QED) is 0.539. The van der Waals surface area contributed by atoms with Crippen LogP contribution in [0.5, 0.6) is 5.75 Å². The second-order valence-corrected chi connectivity index (χ2v) is 3.72. The van der Waals surface area contributed by atoms with Gasteiger partial charge in [0.25, 0.3) is 0 Å². The van der Waals surface area contributed by atoms with Crippen molar-refractivity contribution in [3.63, 3.8) is 0 Å². The summed E-state index contributed by atoms with van der Waals surface area (Å²) in [5.74, 6) is 3.00. The maximum absolute atomic E-state index is 11.5. The molecule has 0 aliphatic heterocycles. The van der Waals surface area contributed by atoms with Gasteiger partial charge in [-0.3, -0.25) is 10.1 Å². The van der Waals surface area contributed by atoms with E-state index in [0.717, 1.165) is 5.75 Å². The van der Waals surface area contributed by atoms with Crippen molar-refractivity contribution < 1.29 is 14.3 Å². The Bertz CT molecular complexity index is 423. The Morgan fingerprint density at radius 1 is 1.32 bits per heavy atom. The van der Waals surface area contributed by atoms with E-state index in [9.17, 15) is 4.79 Å². The van der Waals surface area contributed by atoms with Crippen molar-refractivity contribution in [1.82, 2.24) is 5.32 Å².